The smallest absolute Gasteiger partial charge is 0.132 e. The Morgan fingerprint density at radius 3 is 3.05 bits per heavy atom. The number of anilines is 1. The predicted molar refractivity (Wildman–Crippen MR) is 79.5 cm³/mol. The van der Waals surface area contributed by atoms with Crippen LogP contribution in [0.25, 0.3) is 0 Å². The lowest BCUT2D eigenvalue weighted by Gasteiger charge is -2.40. The largest absolute Gasteiger partial charge is 0.352 e. The molecule has 4 heteroatoms. The number of aromatic nitrogens is 2. The van der Waals surface area contributed by atoms with Crippen molar-refractivity contribution in [1.29, 1.82) is 0 Å². The van der Waals surface area contributed by atoms with Gasteiger partial charge < -0.3 is 10.2 Å². The van der Waals surface area contributed by atoms with Crippen LogP contribution in [0, 0.1) is 6.92 Å². The van der Waals surface area contributed by atoms with Crippen molar-refractivity contribution in [2.24, 2.45) is 0 Å². The SMILES string of the molecule is CCCNC(C)C1CCCCN1c1ccnc(C)n1. The summed E-state index contributed by atoms with van der Waals surface area (Å²) in [5, 5.41) is 3.63. The van der Waals surface area contributed by atoms with Crippen molar-refractivity contribution in [3.05, 3.63) is 18.1 Å². The summed E-state index contributed by atoms with van der Waals surface area (Å²) in [5.74, 6) is 1.94. The Bertz CT molecular complexity index is 393. The van der Waals surface area contributed by atoms with Gasteiger partial charge in [0.25, 0.3) is 0 Å². The molecule has 1 aromatic rings. The third-order valence-electron chi connectivity index (χ3n) is 3.90. The summed E-state index contributed by atoms with van der Waals surface area (Å²) < 4.78 is 0. The highest BCUT2D eigenvalue weighted by atomic mass is 15.2. The Morgan fingerprint density at radius 2 is 2.32 bits per heavy atom. The Kier molecular flexibility index (Phi) is 5.14. The van der Waals surface area contributed by atoms with Gasteiger partial charge in [-0.15, -0.1) is 0 Å². The van der Waals surface area contributed by atoms with E-state index in [0.29, 0.717) is 12.1 Å². The van der Waals surface area contributed by atoms with Crippen molar-refractivity contribution < 1.29 is 0 Å². The van der Waals surface area contributed by atoms with E-state index in [1.807, 2.05) is 19.2 Å². The molecule has 0 amide bonds. The van der Waals surface area contributed by atoms with E-state index in [4.69, 9.17) is 0 Å². The first-order chi connectivity index (χ1) is 9.22. The lowest BCUT2D eigenvalue weighted by atomic mass is 9.96. The first-order valence-corrected chi connectivity index (χ1v) is 7.52. The molecule has 2 atom stereocenters. The molecule has 0 aliphatic carbocycles. The van der Waals surface area contributed by atoms with Gasteiger partial charge in [-0.25, -0.2) is 9.97 Å². The van der Waals surface area contributed by atoms with E-state index in [2.05, 4.69) is 34.0 Å². The standard InChI is InChI=1S/C15H26N4/c1-4-9-16-12(2)14-7-5-6-11-19(14)15-8-10-17-13(3)18-15/h8,10,12,14,16H,4-7,9,11H2,1-3H3. The summed E-state index contributed by atoms with van der Waals surface area (Å²) in [5.41, 5.74) is 0. The van der Waals surface area contributed by atoms with Crippen molar-refractivity contribution in [2.75, 3.05) is 18.0 Å². The molecule has 0 spiro atoms. The minimum Gasteiger partial charge on any atom is -0.352 e. The summed E-state index contributed by atoms with van der Waals surface area (Å²) in [7, 11) is 0. The molecular formula is C15H26N4. The molecule has 106 valence electrons. The maximum absolute atomic E-state index is 4.60. The molecule has 1 N–H and O–H groups in total. The third kappa shape index (κ3) is 3.66. The van der Waals surface area contributed by atoms with Crippen LogP contribution in [0.1, 0.15) is 45.4 Å². The summed E-state index contributed by atoms with van der Waals surface area (Å²) in [6, 6.07) is 3.10. The van der Waals surface area contributed by atoms with Crippen molar-refractivity contribution in [1.82, 2.24) is 15.3 Å². The van der Waals surface area contributed by atoms with Gasteiger partial charge in [0.1, 0.15) is 11.6 Å². The molecule has 0 radical (unpaired) electrons. The van der Waals surface area contributed by atoms with Gasteiger partial charge in [0.2, 0.25) is 0 Å². The second-order valence-corrected chi connectivity index (χ2v) is 5.46. The second-order valence-electron chi connectivity index (χ2n) is 5.46. The zero-order chi connectivity index (χ0) is 13.7. The molecule has 19 heavy (non-hydrogen) atoms. The Balaban J connectivity index is 2.11. The first-order valence-electron chi connectivity index (χ1n) is 7.52. The second kappa shape index (κ2) is 6.85. The van der Waals surface area contributed by atoms with E-state index in [0.717, 1.165) is 24.7 Å². The van der Waals surface area contributed by atoms with Crippen LogP contribution in [0.2, 0.25) is 0 Å². The molecule has 0 bridgehead atoms. The van der Waals surface area contributed by atoms with Crippen LogP contribution < -0.4 is 10.2 Å². The summed E-state index contributed by atoms with van der Waals surface area (Å²) >= 11 is 0. The molecule has 1 saturated heterocycles. The molecular weight excluding hydrogens is 236 g/mol. The molecule has 0 saturated carbocycles. The van der Waals surface area contributed by atoms with Crippen LogP contribution in [0.15, 0.2) is 12.3 Å². The van der Waals surface area contributed by atoms with Crippen LogP contribution in [0.4, 0.5) is 5.82 Å². The monoisotopic (exact) mass is 262 g/mol. The predicted octanol–water partition coefficient (Wildman–Crippen LogP) is 2.53. The van der Waals surface area contributed by atoms with Gasteiger partial charge in [-0.2, -0.15) is 0 Å². The molecule has 1 aliphatic heterocycles. The topological polar surface area (TPSA) is 41.0 Å². The number of piperidine rings is 1. The van der Waals surface area contributed by atoms with Gasteiger partial charge in [0.05, 0.1) is 0 Å². The minimum atomic E-state index is 0.510. The fourth-order valence-corrected chi connectivity index (χ4v) is 2.87. The van der Waals surface area contributed by atoms with Crippen LogP contribution in [0.3, 0.4) is 0 Å². The van der Waals surface area contributed by atoms with Gasteiger partial charge >= 0.3 is 0 Å². The lowest BCUT2D eigenvalue weighted by Crippen LogP contribution is -2.51. The van der Waals surface area contributed by atoms with Gasteiger partial charge in [-0.05, 0) is 52.1 Å². The highest BCUT2D eigenvalue weighted by Crippen LogP contribution is 2.25. The van der Waals surface area contributed by atoms with Gasteiger partial charge in [-0.3, -0.25) is 0 Å². The zero-order valence-corrected chi connectivity index (χ0v) is 12.4. The van der Waals surface area contributed by atoms with Crippen molar-refractivity contribution in [3.8, 4) is 0 Å². The van der Waals surface area contributed by atoms with Crippen LogP contribution in [-0.2, 0) is 0 Å². The minimum absolute atomic E-state index is 0.510. The first kappa shape index (κ1) is 14.3. The highest BCUT2D eigenvalue weighted by molar-refractivity contribution is 5.40. The van der Waals surface area contributed by atoms with Crippen molar-refractivity contribution >= 4 is 5.82 Å². The number of hydrogen-bond donors (Lipinski definition) is 1. The Labute approximate surface area is 116 Å². The van der Waals surface area contributed by atoms with E-state index in [9.17, 15) is 0 Å². The molecule has 0 aromatic carbocycles. The van der Waals surface area contributed by atoms with E-state index in [1.165, 1.54) is 25.7 Å². The van der Waals surface area contributed by atoms with Crippen LogP contribution in [0.5, 0.6) is 0 Å². The average molecular weight is 262 g/mol. The molecule has 2 unspecified atom stereocenters. The zero-order valence-electron chi connectivity index (χ0n) is 12.4. The van der Waals surface area contributed by atoms with Crippen molar-refractivity contribution in [3.63, 3.8) is 0 Å². The maximum Gasteiger partial charge on any atom is 0.132 e. The van der Waals surface area contributed by atoms with E-state index < -0.39 is 0 Å². The van der Waals surface area contributed by atoms with Crippen LogP contribution >= 0.6 is 0 Å². The summed E-state index contributed by atoms with van der Waals surface area (Å²) in [6.45, 7) is 8.67. The summed E-state index contributed by atoms with van der Waals surface area (Å²) in [4.78, 5) is 11.3. The fraction of sp³-hybridized carbons (Fsp3) is 0.733. The number of aryl methyl sites for hydroxylation is 1. The molecule has 2 heterocycles. The fourth-order valence-electron chi connectivity index (χ4n) is 2.87. The number of nitrogens with zero attached hydrogens (tertiary/aromatic N) is 3. The van der Waals surface area contributed by atoms with E-state index in [-0.39, 0.29) is 0 Å². The number of nitrogens with one attached hydrogen (secondary N) is 1. The Morgan fingerprint density at radius 1 is 1.47 bits per heavy atom. The van der Waals surface area contributed by atoms with E-state index >= 15 is 0 Å². The van der Waals surface area contributed by atoms with Crippen LogP contribution in [-0.4, -0.2) is 35.1 Å². The molecule has 1 aliphatic rings. The number of rotatable bonds is 5. The average Bonchev–Trinajstić information content (AvgIpc) is 2.45. The lowest BCUT2D eigenvalue weighted by molar-refractivity contribution is 0.366. The molecule has 1 aromatic heterocycles. The maximum atomic E-state index is 4.60. The molecule has 1 fully saturated rings. The normalized spacial score (nSPS) is 21.4. The molecule has 4 nitrogen and oxygen atoms in total. The van der Waals surface area contributed by atoms with Gasteiger partial charge in [-0.1, -0.05) is 6.92 Å². The summed E-state index contributed by atoms with van der Waals surface area (Å²) in [6.07, 6.45) is 6.89. The van der Waals surface area contributed by atoms with Crippen molar-refractivity contribution in [2.45, 2.75) is 58.5 Å². The number of hydrogen-bond acceptors (Lipinski definition) is 4. The van der Waals surface area contributed by atoms with E-state index in [1.54, 1.807) is 0 Å². The molecule has 2 rings (SSSR count). The highest BCUT2D eigenvalue weighted by Gasteiger charge is 2.27. The van der Waals surface area contributed by atoms with Gasteiger partial charge in [0.15, 0.2) is 0 Å². The Hall–Kier alpha value is -1.16. The quantitative estimate of drug-likeness (QED) is 0.885. The van der Waals surface area contributed by atoms with Gasteiger partial charge in [0, 0.05) is 24.8 Å². The third-order valence-corrected chi connectivity index (χ3v) is 3.90.